The number of ether oxygens (including phenoxy) is 1. The summed E-state index contributed by atoms with van der Waals surface area (Å²) < 4.78 is 5.08. The zero-order valence-electron chi connectivity index (χ0n) is 13.1. The molecule has 2 aromatic heterocycles. The second-order valence-electron chi connectivity index (χ2n) is 5.64. The average molecular weight is 363 g/mol. The van der Waals surface area contributed by atoms with Crippen LogP contribution in [0.1, 0.15) is 38.8 Å². The summed E-state index contributed by atoms with van der Waals surface area (Å²) in [6, 6.07) is 3.98. The fourth-order valence-corrected chi connectivity index (χ4v) is 5.10. The predicted molar refractivity (Wildman–Crippen MR) is 93.6 cm³/mol. The highest BCUT2D eigenvalue weighted by atomic mass is 32.1. The van der Waals surface area contributed by atoms with Gasteiger partial charge in [-0.3, -0.25) is 4.79 Å². The number of anilines is 1. The zero-order valence-corrected chi connectivity index (χ0v) is 14.8. The van der Waals surface area contributed by atoms with Crippen LogP contribution in [0.15, 0.2) is 17.5 Å². The van der Waals surface area contributed by atoms with E-state index < -0.39 is 0 Å². The number of carbonyl (C=O) groups is 2. The number of thiophene rings is 2. The minimum Gasteiger partial charge on any atom is -0.450 e. The quantitative estimate of drug-likeness (QED) is 0.860. The summed E-state index contributed by atoms with van der Waals surface area (Å²) in [4.78, 5) is 28.4. The molecule has 2 amide bonds. The van der Waals surface area contributed by atoms with Gasteiger partial charge in [0, 0.05) is 16.3 Å². The standard InChI is InChI=1S/C16H17N3O3S2/c1-2-22-16(21)19-6-5-9-11(8-19)24-15-12(9)14(20)17-13(18-15)10-4-3-7-23-10/h3-4,7,13,18H,2,5-6,8H2,1H3,(H,17,20). The van der Waals surface area contributed by atoms with Crippen molar-refractivity contribution < 1.29 is 14.3 Å². The van der Waals surface area contributed by atoms with E-state index in [1.165, 1.54) is 0 Å². The van der Waals surface area contributed by atoms with E-state index in [2.05, 4.69) is 10.6 Å². The van der Waals surface area contributed by atoms with Crippen molar-refractivity contribution in [1.29, 1.82) is 0 Å². The number of nitrogens with zero attached hydrogens (tertiary/aromatic N) is 1. The molecule has 6 nitrogen and oxygen atoms in total. The third-order valence-corrected chi connectivity index (χ3v) is 6.27. The molecule has 0 saturated carbocycles. The van der Waals surface area contributed by atoms with Crippen molar-refractivity contribution in [3.63, 3.8) is 0 Å². The lowest BCUT2D eigenvalue weighted by Gasteiger charge is -2.27. The van der Waals surface area contributed by atoms with Gasteiger partial charge in [-0.2, -0.15) is 0 Å². The van der Waals surface area contributed by atoms with E-state index in [0.29, 0.717) is 26.1 Å². The number of rotatable bonds is 2. The second kappa shape index (κ2) is 6.10. The molecular weight excluding hydrogens is 346 g/mol. The molecule has 0 radical (unpaired) electrons. The third kappa shape index (κ3) is 2.55. The first kappa shape index (κ1) is 15.5. The van der Waals surface area contributed by atoms with Crippen LogP contribution in [0.5, 0.6) is 0 Å². The molecule has 0 spiro atoms. The number of nitrogens with one attached hydrogen (secondary N) is 2. The number of hydrogen-bond donors (Lipinski definition) is 2. The number of hydrogen-bond acceptors (Lipinski definition) is 6. The first-order valence-electron chi connectivity index (χ1n) is 7.84. The predicted octanol–water partition coefficient (Wildman–Crippen LogP) is 3.18. The SMILES string of the molecule is CCOC(=O)N1CCc2c(sc3c2C(=O)NC(c2cccs2)N3)C1. The largest absolute Gasteiger partial charge is 0.450 e. The molecule has 0 aliphatic carbocycles. The molecule has 2 aliphatic heterocycles. The maximum Gasteiger partial charge on any atom is 0.410 e. The van der Waals surface area contributed by atoms with E-state index in [9.17, 15) is 9.59 Å². The minimum atomic E-state index is -0.289. The molecule has 0 fully saturated rings. The summed E-state index contributed by atoms with van der Waals surface area (Å²) in [6.07, 6.45) is 0.202. The van der Waals surface area contributed by atoms with E-state index in [0.717, 1.165) is 25.9 Å². The smallest absolute Gasteiger partial charge is 0.410 e. The normalized spacial score (nSPS) is 19.1. The lowest BCUT2D eigenvalue weighted by molar-refractivity contribution is 0.0935. The van der Waals surface area contributed by atoms with Crippen molar-refractivity contribution in [1.82, 2.24) is 10.2 Å². The van der Waals surface area contributed by atoms with E-state index in [1.54, 1.807) is 34.5 Å². The average Bonchev–Trinajstić information content (AvgIpc) is 3.21. The molecule has 2 aliphatic rings. The van der Waals surface area contributed by atoms with Crippen LogP contribution in [0.2, 0.25) is 0 Å². The molecule has 1 atom stereocenters. The molecule has 2 N–H and O–H groups in total. The molecular formula is C16H17N3O3S2. The Bertz CT molecular complexity index is 785. The molecule has 4 rings (SSSR count). The van der Waals surface area contributed by atoms with Crippen LogP contribution in [-0.2, 0) is 17.7 Å². The summed E-state index contributed by atoms with van der Waals surface area (Å²) in [6.45, 7) is 3.26. The second-order valence-corrected chi connectivity index (χ2v) is 7.73. The molecule has 126 valence electrons. The van der Waals surface area contributed by atoms with Crippen LogP contribution < -0.4 is 10.6 Å². The van der Waals surface area contributed by atoms with Crippen molar-refractivity contribution in [2.75, 3.05) is 18.5 Å². The van der Waals surface area contributed by atoms with Gasteiger partial charge in [0.25, 0.3) is 5.91 Å². The van der Waals surface area contributed by atoms with E-state index in [4.69, 9.17) is 4.74 Å². The highest BCUT2D eigenvalue weighted by Crippen LogP contribution is 2.41. The Balaban J connectivity index is 1.61. The van der Waals surface area contributed by atoms with Gasteiger partial charge in [0.2, 0.25) is 0 Å². The van der Waals surface area contributed by atoms with Crippen LogP contribution in [0.25, 0.3) is 0 Å². The fraction of sp³-hybridized carbons (Fsp3) is 0.375. The van der Waals surface area contributed by atoms with Gasteiger partial charge >= 0.3 is 6.09 Å². The van der Waals surface area contributed by atoms with Crippen LogP contribution in [-0.4, -0.2) is 30.1 Å². The van der Waals surface area contributed by atoms with Crippen molar-refractivity contribution in [3.05, 3.63) is 38.4 Å². The van der Waals surface area contributed by atoms with Crippen LogP contribution in [0.4, 0.5) is 9.80 Å². The monoisotopic (exact) mass is 363 g/mol. The summed E-state index contributed by atoms with van der Waals surface area (Å²) in [7, 11) is 0. The first-order chi connectivity index (χ1) is 11.7. The molecule has 0 bridgehead atoms. The highest BCUT2D eigenvalue weighted by molar-refractivity contribution is 7.16. The van der Waals surface area contributed by atoms with Gasteiger partial charge in [0.1, 0.15) is 11.2 Å². The van der Waals surface area contributed by atoms with Crippen LogP contribution in [0, 0.1) is 0 Å². The van der Waals surface area contributed by atoms with Gasteiger partial charge in [-0.1, -0.05) is 6.07 Å². The minimum absolute atomic E-state index is 0.0377. The van der Waals surface area contributed by atoms with Gasteiger partial charge in [-0.15, -0.1) is 22.7 Å². The summed E-state index contributed by atoms with van der Waals surface area (Å²) in [5.41, 5.74) is 1.80. The topological polar surface area (TPSA) is 70.7 Å². The van der Waals surface area contributed by atoms with Gasteiger partial charge in [-0.05, 0) is 30.4 Å². The number of amides is 2. The Morgan fingerprint density at radius 2 is 2.33 bits per heavy atom. The Hall–Kier alpha value is -2.06. The number of carbonyl (C=O) groups excluding carboxylic acids is 2. The third-order valence-electron chi connectivity index (χ3n) is 4.19. The van der Waals surface area contributed by atoms with Crippen molar-refractivity contribution >= 4 is 39.7 Å². The molecule has 24 heavy (non-hydrogen) atoms. The summed E-state index contributed by atoms with van der Waals surface area (Å²) in [5, 5.41) is 9.34. The zero-order chi connectivity index (χ0) is 16.7. The molecule has 0 aromatic carbocycles. The maximum atomic E-state index is 12.6. The Morgan fingerprint density at radius 3 is 3.08 bits per heavy atom. The van der Waals surface area contributed by atoms with Crippen LogP contribution >= 0.6 is 22.7 Å². The van der Waals surface area contributed by atoms with Gasteiger partial charge in [-0.25, -0.2) is 4.79 Å². The fourth-order valence-electron chi connectivity index (χ4n) is 3.08. The molecule has 4 heterocycles. The lowest BCUT2D eigenvalue weighted by atomic mass is 10.0. The highest BCUT2D eigenvalue weighted by Gasteiger charge is 2.34. The maximum absolute atomic E-state index is 12.6. The van der Waals surface area contributed by atoms with E-state index >= 15 is 0 Å². The van der Waals surface area contributed by atoms with E-state index in [1.807, 2.05) is 17.5 Å². The Labute approximate surface area is 147 Å². The van der Waals surface area contributed by atoms with Gasteiger partial charge in [0.15, 0.2) is 0 Å². The number of fused-ring (bicyclic) bond motifs is 3. The van der Waals surface area contributed by atoms with E-state index in [-0.39, 0.29) is 18.2 Å². The Kier molecular flexibility index (Phi) is 3.93. The van der Waals surface area contributed by atoms with Crippen molar-refractivity contribution in [2.45, 2.75) is 26.1 Å². The first-order valence-corrected chi connectivity index (χ1v) is 9.54. The van der Waals surface area contributed by atoms with Gasteiger partial charge in [0.05, 0.1) is 18.7 Å². The van der Waals surface area contributed by atoms with Crippen molar-refractivity contribution in [3.8, 4) is 0 Å². The summed E-state index contributed by atoms with van der Waals surface area (Å²) >= 11 is 3.17. The van der Waals surface area contributed by atoms with Crippen LogP contribution in [0.3, 0.4) is 0 Å². The summed E-state index contributed by atoms with van der Waals surface area (Å²) in [5.74, 6) is -0.0377. The Morgan fingerprint density at radius 1 is 1.46 bits per heavy atom. The van der Waals surface area contributed by atoms with Gasteiger partial charge < -0.3 is 20.3 Å². The lowest BCUT2D eigenvalue weighted by Crippen LogP contribution is -2.39. The molecule has 0 saturated heterocycles. The molecule has 2 aromatic rings. The van der Waals surface area contributed by atoms with Crippen molar-refractivity contribution in [2.24, 2.45) is 0 Å². The molecule has 1 unspecified atom stereocenters. The molecule has 8 heteroatoms.